The Morgan fingerprint density at radius 2 is 1.96 bits per heavy atom. The summed E-state index contributed by atoms with van der Waals surface area (Å²) in [6.45, 7) is 3.81. The highest BCUT2D eigenvalue weighted by Crippen LogP contribution is 2.38. The lowest BCUT2D eigenvalue weighted by Crippen LogP contribution is -2.47. The molecule has 1 aliphatic rings. The molecule has 5 nitrogen and oxygen atoms in total. The van der Waals surface area contributed by atoms with Crippen LogP contribution in [-0.2, 0) is 4.79 Å². The van der Waals surface area contributed by atoms with Crippen LogP contribution in [0.2, 0.25) is 0 Å². The monoisotopic (exact) mass is 379 g/mol. The van der Waals surface area contributed by atoms with Gasteiger partial charge in [0.25, 0.3) is 11.8 Å². The minimum absolute atomic E-state index is 0.375. The second-order valence-electron chi connectivity index (χ2n) is 6.71. The van der Waals surface area contributed by atoms with E-state index < -0.39 is 6.10 Å². The van der Waals surface area contributed by atoms with Crippen LogP contribution in [0.25, 0.3) is 6.08 Å². The maximum atomic E-state index is 13.1. The van der Waals surface area contributed by atoms with Crippen molar-refractivity contribution in [2.75, 3.05) is 12.0 Å². The van der Waals surface area contributed by atoms with Crippen molar-refractivity contribution in [3.8, 4) is 11.5 Å². The highest BCUT2D eigenvalue weighted by Gasteiger charge is 2.37. The first kappa shape index (κ1) is 19.7. The summed E-state index contributed by atoms with van der Waals surface area (Å²) in [7, 11) is 1.57. The number of methoxy groups -OCH3 is 1. The van der Waals surface area contributed by atoms with Gasteiger partial charge in [0, 0.05) is 11.1 Å². The van der Waals surface area contributed by atoms with Gasteiger partial charge in [0.15, 0.2) is 11.9 Å². The maximum absolute atomic E-state index is 13.1. The first-order valence-corrected chi connectivity index (χ1v) is 9.55. The summed E-state index contributed by atoms with van der Waals surface area (Å²) in [5.74, 6) is 0.457. The first-order valence-electron chi connectivity index (χ1n) is 9.55. The molecule has 2 aromatic carbocycles. The van der Waals surface area contributed by atoms with Crippen LogP contribution in [0.4, 0.5) is 5.69 Å². The summed E-state index contributed by atoms with van der Waals surface area (Å²) in [4.78, 5) is 27.1. The molecule has 0 aromatic heterocycles. The fraction of sp³-hybridized carbons (Fsp3) is 0.304. The topological polar surface area (TPSA) is 55.8 Å². The molecule has 0 radical (unpaired) electrons. The van der Waals surface area contributed by atoms with Gasteiger partial charge < -0.3 is 9.47 Å². The first-order chi connectivity index (χ1) is 13.6. The summed E-state index contributed by atoms with van der Waals surface area (Å²) >= 11 is 0. The zero-order valence-electron chi connectivity index (χ0n) is 16.5. The molecule has 2 aromatic rings. The van der Waals surface area contributed by atoms with Gasteiger partial charge >= 0.3 is 0 Å². The van der Waals surface area contributed by atoms with E-state index in [1.807, 2.05) is 18.2 Å². The van der Waals surface area contributed by atoms with Crippen LogP contribution >= 0.6 is 0 Å². The molecule has 1 heterocycles. The zero-order valence-corrected chi connectivity index (χ0v) is 16.5. The number of hydrogen-bond donors (Lipinski definition) is 0. The molecule has 1 aliphatic heterocycles. The number of fused-ring (bicyclic) bond motifs is 1. The second kappa shape index (κ2) is 8.74. The van der Waals surface area contributed by atoms with E-state index in [2.05, 4.69) is 13.0 Å². The van der Waals surface area contributed by atoms with E-state index in [9.17, 15) is 9.59 Å². The van der Waals surface area contributed by atoms with E-state index in [4.69, 9.17) is 9.47 Å². The van der Waals surface area contributed by atoms with E-state index in [0.717, 1.165) is 24.8 Å². The van der Waals surface area contributed by atoms with Crippen LogP contribution < -0.4 is 14.4 Å². The van der Waals surface area contributed by atoms with Gasteiger partial charge in [-0.15, -0.1) is 0 Å². The molecule has 0 aliphatic carbocycles. The van der Waals surface area contributed by atoms with Crippen molar-refractivity contribution >= 4 is 23.6 Å². The molecule has 1 unspecified atom stereocenters. The third kappa shape index (κ3) is 3.93. The van der Waals surface area contributed by atoms with E-state index in [0.29, 0.717) is 22.7 Å². The summed E-state index contributed by atoms with van der Waals surface area (Å²) in [5.41, 5.74) is 1.75. The second-order valence-corrected chi connectivity index (χ2v) is 6.71. The van der Waals surface area contributed by atoms with Crippen molar-refractivity contribution in [2.45, 2.75) is 39.2 Å². The minimum atomic E-state index is -0.736. The third-order valence-electron chi connectivity index (χ3n) is 4.69. The molecule has 0 saturated heterocycles. The average Bonchev–Trinajstić information content (AvgIpc) is 2.72. The normalized spacial score (nSPS) is 16.0. The number of hydrogen-bond acceptors (Lipinski definition) is 4. The maximum Gasteiger partial charge on any atom is 0.274 e. The zero-order chi connectivity index (χ0) is 20.1. The van der Waals surface area contributed by atoms with Gasteiger partial charge in [-0.05, 0) is 43.7 Å². The van der Waals surface area contributed by atoms with Gasteiger partial charge in [-0.1, -0.05) is 44.1 Å². The Labute approximate surface area is 165 Å². The fourth-order valence-corrected chi connectivity index (χ4v) is 3.11. The molecule has 1 atom stereocenters. The smallest absolute Gasteiger partial charge is 0.274 e. The van der Waals surface area contributed by atoms with E-state index in [1.54, 1.807) is 44.4 Å². The van der Waals surface area contributed by atoms with Gasteiger partial charge in [0.2, 0.25) is 0 Å². The molecule has 3 rings (SSSR count). The van der Waals surface area contributed by atoms with Crippen molar-refractivity contribution in [1.82, 2.24) is 0 Å². The van der Waals surface area contributed by atoms with Gasteiger partial charge in [-0.2, -0.15) is 0 Å². The third-order valence-corrected chi connectivity index (χ3v) is 4.69. The van der Waals surface area contributed by atoms with E-state index in [-0.39, 0.29) is 11.8 Å². The summed E-state index contributed by atoms with van der Waals surface area (Å²) in [6.07, 6.45) is 6.57. The lowest BCUT2D eigenvalue weighted by molar-refractivity contribution is -0.124. The van der Waals surface area contributed by atoms with Crippen LogP contribution in [0, 0.1) is 0 Å². The number of allylic oxidation sites excluding steroid dienone is 1. The van der Waals surface area contributed by atoms with Gasteiger partial charge in [0.05, 0.1) is 12.8 Å². The lowest BCUT2D eigenvalue weighted by atomic mass is 10.1. The Bertz CT molecular complexity index is 886. The van der Waals surface area contributed by atoms with Crippen LogP contribution in [-0.4, -0.2) is 25.0 Å². The van der Waals surface area contributed by atoms with E-state index >= 15 is 0 Å². The fourth-order valence-electron chi connectivity index (χ4n) is 3.11. The van der Waals surface area contributed by atoms with Crippen molar-refractivity contribution in [3.63, 3.8) is 0 Å². The molecule has 0 fully saturated rings. The molecule has 0 spiro atoms. The SMILES string of the molecule is CCCC/C=C/c1cccc2c1OC(C)C(=O)N2C(=O)c1ccc(OC)cc1. The molecule has 0 saturated carbocycles. The molecular formula is C23H25NO4. The number of imide groups is 1. The molecular weight excluding hydrogens is 354 g/mol. The Hall–Kier alpha value is -3.08. The minimum Gasteiger partial charge on any atom is -0.497 e. The quantitative estimate of drug-likeness (QED) is 0.532. The number of benzene rings is 2. The Balaban J connectivity index is 1.97. The highest BCUT2D eigenvalue weighted by atomic mass is 16.5. The van der Waals surface area contributed by atoms with Crippen LogP contribution in [0.5, 0.6) is 11.5 Å². The summed E-state index contributed by atoms with van der Waals surface area (Å²) in [5, 5.41) is 0. The standard InChI is InChI=1S/C23H25NO4/c1-4-5-6-7-9-17-10-8-11-20-21(17)28-16(2)22(25)24(20)23(26)18-12-14-19(27-3)15-13-18/h7-16H,4-6H2,1-3H3/b9-7+. The number of carbonyl (C=O) groups is 2. The predicted octanol–water partition coefficient (Wildman–Crippen LogP) is 4.85. The number of para-hydroxylation sites is 1. The number of anilines is 1. The van der Waals surface area contributed by atoms with Gasteiger partial charge in [0.1, 0.15) is 5.75 Å². The number of amides is 2. The number of unbranched alkanes of at least 4 members (excludes halogenated alkanes) is 2. The number of nitrogens with zero attached hydrogens (tertiary/aromatic N) is 1. The average molecular weight is 379 g/mol. The summed E-state index contributed by atoms with van der Waals surface area (Å²) in [6, 6.07) is 12.2. The number of ether oxygens (including phenoxy) is 2. The molecule has 2 amide bonds. The lowest BCUT2D eigenvalue weighted by Gasteiger charge is -2.32. The Kier molecular flexibility index (Phi) is 6.14. The number of carbonyl (C=O) groups excluding carboxylic acids is 2. The molecule has 0 N–H and O–H groups in total. The van der Waals surface area contributed by atoms with Crippen molar-refractivity contribution in [2.24, 2.45) is 0 Å². The van der Waals surface area contributed by atoms with Gasteiger partial charge in [-0.3, -0.25) is 9.59 Å². The Morgan fingerprint density at radius 3 is 2.64 bits per heavy atom. The Morgan fingerprint density at radius 1 is 1.21 bits per heavy atom. The molecule has 0 bridgehead atoms. The van der Waals surface area contributed by atoms with Crippen molar-refractivity contribution in [3.05, 3.63) is 59.7 Å². The molecule has 146 valence electrons. The van der Waals surface area contributed by atoms with Crippen molar-refractivity contribution < 1.29 is 19.1 Å². The van der Waals surface area contributed by atoms with E-state index in [1.165, 1.54) is 4.90 Å². The molecule has 28 heavy (non-hydrogen) atoms. The highest BCUT2D eigenvalue weighted by molar-refractivity contribution is 6.23. The summed E-state index contributed by atoms with van der Waals surface area (Å²) < 4.78 is 11.0. The van der Waals surface area contributed by atoms with Crippen LogP contribution in [0.1, 0.15) is 49.0 Å². The van der Waals surface area contributed by atoms with Crippen LogP contribution in [0.15, 0.2) is 48.5 Å². The van der Waals surface area contributed by atoms with Crippen molar-refractivity contribution in [1.29, 1.82) is 0 Å². The predicted molar refractivity (Wildman–Crippen MR) is 110 cm³/mol. The molecule has 5 heteroatoms. The largest absolute Gasteiger partial charge is 0.497 e. The number of rotatable bonds is 6. The van der Waals surface area contributed by atoms with Crippen LogP contribution in [0.3, 0.4) is 0 Å². The van der Waals surface area contributed by atoms with Gasteiger partial charge in [-0.25, -0.2) is 4.90 Å².